The van der Waals surface area contributed by atoms with Gasteiger partial charge in [-0.3, -0.25) is 4.79 Å². The highest BCUT2D eigenvalue weighted by molar-refractivity contribution is 7.14. The van der Waals surface area contributed by atoms with Gasteiger partial charge < -0.3 is 15.4 Å². The highest BCUT2D eigenvalue weighted by Gasteiger charge is 2.35. The molecule has 0 aliphatic carbocycles. The third kappa shape index (κ3) is 3.19. The molecule has 0 saturated carbocycles. The minimum Gasteiger partial charge on any atom is -0.462 e. The van der Waals surface area contributed by atoms with E-state index in [0.717, 1.165) is 25.8 Å². The summed E-state index contributed by atoms with van der Waals surface area (Å²) in [4.78, 5) is 24.2. The number of thiophene rings is 1. The number of rotatable bonds is 4. The van der Waals surface area contributed by atoms with E-state index in [1.54, 1.807) is 18.4 Å². The van der Waals surface area contributed by atoms with Crippen molar-refractivity contribution in [2.75, 3.05) is 18.5 Å². The predicted octanol–water partition coefficient (Wildman–Crippen LogP) is 2.40. The van der Waals surface area contributed by atoms with Crippen LogP contribution in [0.2, 0.25) is 0 Å². The van der Waals surface area contributed by atoms with Gasteiger partial charge in [-0.25, -0.2) is 4.79 Å². The first-order chi connectivity index (χ1) is 9.57. The number of anilines is 1. The topological polar surface area (TPSA) is 67.4 Å². The molecule has 0 radical (unpaired) electrons. The van der Waals surface area contributed by atoms with E-state index in [0.29, 0.717) is 17.2 Å². The van der Waals surface area contributed by atoms with Gasteiger partial charge in [0.2, 0.25) is 5.91 Å². The van der Waals surface area contributed by atoms with Crippen molar-refractivity contribution in [1.82, 2.24) is 5.32 Å². The Labute approximate surface area is 122 Å². The quantitative estimate of drug-likeness (QED) is 0.837. The zero-order valence-corrected chi connectivity index (χ0v) is 12.6. The molecule has 1 amide bonds. The second-order valence-electron chi connectivity index (χ2n) is 5.05. The van der Waals surface area contributed by atoms with Crippen LogP contribution < -0.4 is 10.6 Å². The second-order valence-corrected chi connectivity index (χ2v) is 5.97. The van der Waals surface area contributed by atoms with Crippen molar-refractivity contribution >= 4 is 28.2 Å². The molecule has 0 aromatic carbocycles. The van der Waals surface area contributed by atoms with E-state index in [9.17, 15) is 9.59 Å². The van der Waals surface area contributed by atoms with Crippen molar-refractivity contribution < 1.29 is 14.3 Å². The molecule has 1 fully saturated rings. The zero-order valence-electron chi connectivity index (χ0n) is 11.8. The lowest BCUT2D eigenvalue weighted by atomic mass is 9.90. The molecule has 0 spiro atoms. The molecule has 0 bridgehead atoms. The van der Waals surface area contributed by atoms with Crippen molar-refractivity contribution in [3.05, 3.63) is 17.0 Å². The summed E-state index contributed by atoms with van der Waals surface area (Å²) in [5.41, 5.74) is -0.140. The summed E-state index contributed by atoms with van der Waals surface area (Å²) < 4.78 is 4.98. The van der Waals surface area contributed by atoms with Crippen LogP contribution in [0.15, 0.2) is 11.4 Å². The van der Waals surface area contributed by atoms with Crippen LogP contribution in [-0.4, -0.2) is 30.6 Å². The summed E-state index contributed by atoms with van der Waals surface area (Å²) >= 11 is 1.33. The van der Waals surface area contributed by atoms with Crippen LogP contribution in [0.5, 0.6) is 0 Å². The summed E-state index contributed by atoms with van der Waals surface area (Å²) in [5.74, 6) is -0.490. The summed E-state index contributed by atoms with van der Waals surface area (Å²) in [6, 6.07) is 1.68. The number of hydrogen-bond donors (Lipinski definition) is 2. The lowest BCUT2D eigenvalue weighted by Crippen LogP contribution is -2.54. The van der Waals surface area contributed by atoms with Gasteiger partial charge in [0.25, 0.3) is 0 Å². The van der Waals surface area contributed by atoms with E-state index < -0.39 is 11.5 Å². The molecule has 1 unspecified atom stereocenters. The maximum Gasteiger partial charge on any atom is 0.341 e. The lowest BCUT2D eigenvalue weighted by Gasteiger charge is -2.33. The number of esters is 1. The van der Waals surface area contributed by atoms with Crippen molar-refractivity contribution in [2.24, 2.45) is 0 Å². The predicted molar refractivity (Wildman–Crippen MR) is 79.2 cm³/mol. The summed E-state index contributed by atoms with van der Waals surface area (Å²) in [6.45, 7) is 4.83. The van der Waals surface area contributed by atoms with Gasteiger partial charge in [-0.2, -0.15) is 0 Å². The Bertz CT molecular complexity index is 492. The molecule has 1 aliphatic heterocycles. The fraction of sp³-hybridized carbons (Fsp3) is 0.571. The van der Waals surface area contributed by atoms with Crippen LogP contribution in [0.1, 0.15) is 43.5 Å². The highest BCUT2D eigenvalue weighted by Crippen LogP contribution is 2.27. The van der Waals surface area contributed by atoms with Crippen molar-refractivity contribution in [1.29, 1.82) is 0 Å². The van der Waals surface area contributed by atoms with Crippen LogP contribution in [0.25, 0.3) is 0 Å². The van der Waals surface area contributed by atoms with Crippen molar-refractivity contribution in [2.45, 2.75) is 38.6 Å². The molecule has 110 valence electrons. The van der Waals surface area contributed by atoms with E-state index in [4.69, 9.17) is 4.74 Å². The largest absolute Gasteiger partial charge is 0.462 e. The Hall–Kier alpha value is -1.40. The Morgan fingerprint density at radius 3 is 2.95 bits per heavy atom. The maximum absolute atomic E-state index is 12.4. The van der Waals surface area contributed by atoms with E-state index in [2.05, 4.69) is 10.6 Å². The first-order valence-electron chi connectivity index (χ1n) is 6.88. The molecule has 1 saturated heterocycles. The Morgan fingerprint density at radius 1 is 1.50 bits per heavy atom. The molecule has 20 heavy (non-hydrogen) atoms. The van der Waals surface area contributed by atoms with Gasteiger partial charge in [0.1, 0.15) is 5.00 Å². The molecule has 5 nitrogen and oxygen atoms in total. The summed E-state index contributed by atoms with van der Waals surface area (Å²) in [7, 11) is 0. The first-order valence-corrected chi connectivity index (χ1v) is 7.76. The van der Waals surface area contributed by atoms with Gasteiger partial charge in [0.15, 0.2) is 0 Å². The molecule has 2 N–H and O–H groups in total. The third-order valence-electron chi connectivity index (χ3n) is 3.51. The molecule has 2 heterocycles. The number of nitrogens with one attached hydrogen (secondary N) is 2. The van der Waals surface area contributed by atoms with Gasteiger partial charge in [-0.15, -0.1) is 11.3 Å². The Kier molecular flexibility index (Phi) is 4.77. The van der Waals surface area contributed by atoms with E-state index >= 15 is 0 Å². The fourth-order valence-electron chi connectivity index (χ4n) is 2.27. The van der Waals surface area contributed by atoms with Crippen LogP contribution in [0.4, 0.5) is 5.00 Å². The number of piperidine rings is 1. The van der Waals surface area contributed by atoms with Gasteiger partial charge in [-0.05, 0) is 51.1 Å². The molecule has 6 heteroatoms. The highest BCUT2D eigenvalue weighted by atomic mass is 32.1. The SMILES string of the molecule is CCOC(=O)c1ccsc1NC(=O)C1(C)CCCCN1. The molecular weight excluding hydrogens is 276 g/mol. The monoisotopic (exact) mass is 296 g/mol. The van der Waals surface area contributed by atoms with Crippen LogP contribution in [0.3, 0.4) is 0 Å². The molecule has 2 rings (SSSR count). The van der Waals surface area contributed by atoms with Crippen LogP contribution >= 0.6 is 11.3 Å². The minimum atomic E-state index is -0.561. The Morgan fingerprint density at radius 2 is 2.30 bits per heavy atom. The molecule has 1 aromatic heterocycles. The summed E-state index contributed by atoms with van der Waals surface area (Å²) in [5, 5.41) is 8.45. The molecular formula is C14H20N2O3S. The van der Waals surface area contributed by atoms with Crippen molar-refractivity contribution in [3.63, 3.8) is 0 Å². The number of carbonyl (C=O) groups excluding carboxylic acids is 2. The minimum absolute atomic E-state index is 0.0924. The van der Waals surface area contributed by atoms with Crippen LogP contribution in [0, 0.1) is 0 Å². The van der Waals surface area contributed by atoms with Gasteiger partial charge in [0, 0.05) is 0 Å². The zero-order chi connectivity index (χ0) is 14.6. The second kappa shape index (κ2) is 6.37. The fourth-order valence-corrected chi connectivity index (χ4v) is 3.04. The standard InChI is InChI=1S/C14H20N2O3S/c1-3-19-12(17)10-6-9-20-11(10)16-13(18)14(2)7-4-5-8-15-14/h6,9,15H,3-5,7-8H2,1-2H3,(H,16,18). The molecule has 1 aromatic rings. The number of carbonyl (C=O) groups is 2. The normalized spacial score (nSPS) is 22.3. The number of amides is 1. The van der Waals surface area contributed by atoms with Gasteiger partial charge in [0.05, 0.1) is 17.7 Å². The third-order valence-corrected chi connectivity index (χ3v) is 4.34. The summed E-state index contributed by atoms with van der Waals surface area (Å²) in [6.07, 6.45) is 2.93. The number of hydrogen-bond acceptors (Lipinski definition) is 5. The van der Waals surface area contributed by atoms with Crippen LogP contribution in [-0.2, 0) is 9.53 Å². The smallest absolute Gasteiger partial charge is 0.341 e. The number of ether oxygens (including phenoxy) is 1. The lowest BCUT2D eigenvalue weighted by molar-refractivity contribution is -0.122. The van der Waals surface area contributed by atoms with E-state index in [1.807, 2.05) is 6.92 Å². The molecule has 1 atom stereocenters. The van der Waals surface area contributed by atoms with Gasteiger partial charge in [-0.1, -0.05) is 0 Å². The average Bonchev–Trinajstić information content (AvgIpc) is 2.88. The van der Waals surface area contributed by atoms with Crippen molar-refractivity contribution in [3.8, 4) is 0 Å². The Balaban J connectivity index is 2.08. The first kappa shape index (κ1) is 15.0. The average molecular weight is 296 g/mol. The van der Waals surface area contributed by atoms with E-state index in [1.165, 1.54) is 11.3 Å². The van der Waals surface area contributed by atoms with Gasteiger partial charge >= 0.3 is 5.97 Å². The maximum atomic E-state index is 12.4. The molecule has 1 aliphatic rings. The van der Waals surface area contributed by atoms with E-state index in [-0.39, 0.29) is 5.91 Å².